The first-order chi connectivity index (χ1) is 24.1. The lowest BCUT2D eigenvalue weighted by Crippen LogP contribution is -2.33. The van der Waals surface area contributed by atoms with Gasteiger partial charge in [-0.05, 0) is 66.0 Å². The zero-order valence-corrected chi connectivity index (χ0v) is 31.7. The number of anilines is 2. The second-order valence-electron chi connectivity index (χ2n) is 13.4. The lowest BCUT2D eigenvalue weighted by molar-refractivity contribution is -0.124. The number of rotatable bonds is 17. The second kappa shape index (κ2) is 16.7. The Balaban J connectivity index is 1.61. The number of nitrogens with one attached hydrogen (secondary N) is 2. The van der Waals surface area contributed by atoms with Gasteiger partial charge in [0.2, 0.25) is 11.8 Å². The number of fused-ring (bicyclic) bond motifs is 1. The van der Waals surface area contributed by atoms with Crippen LogP contribution in [0.1, 0.15) is 103 Å². The molecule has 2 N–H and O–H groups in total. The summed E-state index contributed by atoms with van der Waals surface area (Å²) < 4.78 is 0. The number of thiophene rings is 2. The predicted octanol–water partition coefficient (Wildman–Crippen LogP) is 9.03. The van der Waals surface area contributed by atoms with Gasteiger partial charge >= 0.3 is 0 Å². The van der Waals surface area contributed by atoms with E-state index in [0.29, 0.717) is 60.1 Å². The number of hydrogen-bond acceptors (Lipinski definition) is 7. The minimum Gasteiger partial charge on any atom is -0.311 e. The summed E-state index contributed by atoms with van der Waals surface area (Å²) in [4.78, 5) is 65.1. The van der Waals surface area contributed by atoms with E-state index in [1.807, 2.05) is 65.4 Å². The van der Waals surface area contributed by atoms with Gasteiger partial charge in [0.25, 0.3) is 11.8 Å². The minimum atomic E-state index is -0.133. The predicted molar refractivity (Wildman–Crippen MR) is 204 cm³/mol. The molecule has 0 unspecified atom stereocenters. The van der Waals surface area contributed by atoms with Crippen LogP contribution in [0.4, 0.5) is 11.6 Å². The molecule has 5 rings (SSSR count). The van der Waals surface area contributed by atoms with Crippen molar-refractivity contribution >= 4 is 69.3 Å². The van der Waals surface area contributed by atoms with Gasteiger partial charge in [-0.3, -0.25) is 19.2 Å². The van der Waals surface area contributed by atoms with Crippen LogP contribution in [0.5, 0.6) is 0 Å². The summed E-state index contributed by atoms with van der Waals surface area (Å²) in [6, 6.07) is 11.5. The number of aromatic nitrogens is 1. The highest BCUT2D eigenvalue weighted by atomic mass is 32.1. The van der Waals surface area contributed by atoms with Crippen LogP contribution in [-0.2, 0) is 19.2 Å². The van der Waals surface area contributed by atoms with Crippen LogP contribution < -0.4 is 10.6 Å². The van der Waals surface area contributed by atoms with Crippen molar-refractivity contribution in [2.75, 3.05) is 23.7 Å². The van der Waals surface area contributed by atoms with Crippen LogP contribution in [0.25, 0.3) is 21.8 Å². The molecule has 9 nitrogen and oxygen atoms in total. The largest absolute Gasteiger partial charge is 0.311 e. The number of carbonyl (C=O) groups excluding carboxylic acids is 4. The van der Waals surface area contributed by atoms with E-state index in [1.165, 1.54) is 11.3 Å². The Labute approximate surface area is 303 Å². The van der Waals surface area contributed by atoms with E-state index in [9.17, 15) is 19.2 Å². The van der Waals surface area contributed by atoms with Crippen molar-refractivity contribution in [3.63, 3.8) is 0 Å². The number of hydrogen-bond donors (Lipinski definition) is 2. The van der Waals surface area contributed by atoms with Gasteiger partial charge in [0.15, 0.2) is 0 Å². The van der Waals surface area contributed by atoms with Crippen molar-refractivity contribution < 1.29 is 19.2 Å². The second-order valence-corrected chi connectivity index (χ2v) is 15.4. The monoisotopic (exact) mass is 715 g/mol. The molecule has 0 aromatic carbocycles. The van der Waals surface area contributed by atoms with Gasteiger partial charge in [-0.1, -0.05) is 73.3 Å². The molecule has 0 saturated carbocycles. The van der Waals surface area contributed by atoms with E-state index in [4.69, 9.17) is 0 Å². The van der Waals surface area contributed by atoms with Gasteiger partial charge in [-0.25, -0.2) is 4.98 Å². The fourth-order valence-corrected chi connectivity index (χ4v) is 7.90. The molecule has 4 amide bonds. The average molecular weight is 716 g/mol. The molecule has 2 aliphatic heterocycles. The van der Waals surface area contributed by atoms with Gasteiger partial charge in [0.1, 0.15) is 11.6 Å². The lowest BCUT2D eigenvalue weighted by Gasteiger charge is -2.27. The maximum Gasteiger partial charge on any atom is 0.261 e. The molecule has 11 heteroatoms. The SMILES string of the molecule is CCCCC(=O)Nc1cc(-c2ccc(C3=C4C(=O)N(C[C@@H](C)CC)C(c5cccs5)=C4C(=O)N3C[C@@H](C)CC)s2)cc(NC(=O)CCCC)n1. The van der Waals surface area contributed by atoms with Crippen LogP contribution in [-0.4, -0.2) is 51.5 Å². The quantitative estimate of drug-likeness (QED) is 0.145. The fourth-order valence-electron chi connectivity index (χ4n) is 6.06. The number of carbonyl (C=O) groups is 4. The molecule has 0 aliphatic carbocycles. The van der Waals surface area contributed by atoms with E-state index in [-0.39, 0.29) is 35.5 Å². The molecule has 5 heterocycles. The van der Waals surface area contributed by atoms with Crippen molar-refractivity contribution in [1.29, 1.82) is 0 Å². The third-order valence-corrected chi connectivity index (χ3v) is 11.3. The van der Waals surface area contributed by atoms with Crippen molar-refractivity contribution in [2.24, 2.45) is 11.8 Å². The normalized spacial score (nSPS) is 15.6. The molecule has 2 atom stereocenters. The summed E-state index contributed by atoms with van der Waals surface area (Å²) in [6.07, 6.45) is 5.90. The summed E-state index contributed by atoms with van der Waals surface area (Å²) in [6.45, 7) is 13.6. The van der Waals surface area contributed by atoms with Gasteiger partial charge in [-0.15, -0.1) is 22.7 Å². The zero-order valence-electron chi connectivity index (χ0n) is 30.1. The van der Waals surface area contributed by atoms with Crippen molar-refractivity contribution in [1.82, 2.24) is 14.8 Å². The van der Waals surface area contributed by atoms with Gasteiger partial charge in [0, 0.05) is 30.8 Å². The Morgan fingerprint density at radius 1 is 0.740 bits per heavy atom. The molecule has 3 aromatic heterocycles. The van der Waals surface area contributed by atoms with Gasteiger partial charge < -0.3 is 20.4 Å². The highest BCUT2D eigenvalue weighted by Gasteiger charge is 2.49. The first-order valence-electron chi connectivity index (χ1n) is 18.0. The van der Waals surface area contributed by atoms with Crippen LogP contribution in [0, 0.1) is 11.8 Å². The number of amides is 4. The van der Waals surface area contributed by atoms with Crippen molar-refractivity contribution in [2.45, 2.75) is 92.9 Å². The van der Waals surface area contributed by atoms with Gasteiger partial charge in [-0.2, -0.15) is 0 Å². The molecule has 266 valence electrons. The Hall–Kier alpha value is -4.09. The standard InChI is InChI=1S/C39H49N5O4S2/c1-7-11-15-32(45)41-30-20-26(21-31(40-30)42-33(46)16-12-8-2)27-17-18-29(50-27)37-35-34(38(47)44(37)23-25(6)10-4)36(28-14-13-19-49-28)43(39(35)48)22-24(5)9-3/h13-14,17-21,24-25H,7-12,15-16,22-23H2,1-6H3,(H2,40,41,42,45,46)/t24-,25-/m0/s1. The molecule has 0 radical (unpaired) electrons. The Morgan fingerprint density at radius 3 is 1.70 bits per heavy atom. The number of unbranched alkanes of at least 4 members (excludes halogenated alkanes) is 2. The van der Waals surface area contributed by atoms with Crippen LogP contribution in [0.2, 0.25) is 0 Å². The summed E-state index contributed by atoms with van der Waals surface area (Å²) in [5.41, 5.74) is 3.10. The molecule has 0 bridgehead atoms. The molecule has 2 aliphatic rings. The first kappa shape index (κ1) is 37.2. The molecular formula is C39H49N5O4S2. The minimum absolute atomic E-state index is 0.133. The Bertz CT molecular complexity index is 1750. The van der Waals surface area contributed by atoms with Crippen molar-refractivity contribution in [3.05, 3.63) is 62.7 Å². The summed E-state index contributed by atoms with van der Waals surface area (Å²) >= 11 is 3.02. The topological polar surface area (TPSA) is 112 Å². The molecule has 50 heavy (non-hydrogen) atoms. The summed E-state index contributed by atoms with van der Waals surface area (Å²) in [5.74, 6) is 0.674. The van der Waals surface area contributed by atoms with E-state index < -0.39 is 0 Å². The zero-order chi connectivity index (χ0) is 35.9. The molecular weight excluding hydrogens is 667 g/mol. The maximum atomic E-state index is 14.5. The molecule has 0 spiro atoms. The third-order valence-electron chi connectivity index (χ3n) is 9.32. The smallest absolute Gasteiger partial charge is 0.261 e. The summed E-state index contributed by atoms with van der Waals surface area (Å²) in [7, 11) is 0. The van der Waals surface area contributed by atoms with E-state index in [2.05, 4.69) is 43.3 Å². The van der Waals surface area contributed by atoms with E-state index in [1.54, 1.807) is 11.3 Å². The third kappa shape index (κ3) is 8.10. The van der Waals surface area contributed by atoms with E-state index in [0.717, 1.165) is 58.7 Å². The fraction of sp³-hybridized carbons (Fsp3) is 0.462. The maximum absolute atomic E-state index is 14.5. The Kier molecular flexibility index (Phi) is 12.4. The molecule has 0 fully saturated rings. The van der Waals surface area contributed by atoms with Crippen LogP contribution >= 0.6 is 22.7 Å². The van der Waals surface area contributed by atoms with Crippen LogP contribution in [0.15, 0.2) is 52.9 Å². The first-order valence-corrected chi connectivity index (χ1v) is 19.7. The van der Waals surface area contributed by atoms with Gasteiger partial charge in [0.05, 0.1) is 32.3 Å². The molecule has 0 saturated heterocycles. The number of nitrogens with zero attached hydrogens (tertiary/aromatic N) is 3. The lowest BCUT2D eigenvalue weighted by atomic mass is 10.1. The van der Waals surface area contributed by atoms with Crippen LogP contribution in [0.3, 0.4) is 0 Å². The summed E-state index contributed by atoms with van der Waals surface area (Å²) in [5, 5.41) is 7.80. The highest BCUT2D eigenvalue weighted by Crippen LogP contribution is 2.49. The van der Waals surface area contributed by atoms with E-state index >= 15 is 0 Å². The molecule has 3 aromatic rings. The van der Waals surface area contributed by atoms with Crippen molar-refractivity contribution in [3.8, 4) is 10.4 Å². The average Bonchev–Trinajstić information content (AvgIpc) is 3.90. The highest BCUT2D eigenvalue weighted by molar-refractivity contribution is 7.16. The Morgan fingerprint density at radius 2 is 1.24 bits per heavy atom. The number of pyridine rings is 1.